The Labute approximate surface area is 178 Å². The van der Waals surface area contributed by atoms with Gasteiger partial charge in [-0.25, -0.2) is 8.42 Å². The highest BCUT2D eigenvalue weighted by atomic mass is 32.2. The molecule has 0 aliphatic carbocycles. The van der Waals surface area contributed by atoms with Crippen molar-refractivity contribution in [1.82, 2.24) is 9.62 Å². The molecule has 0 bridgehead atoms. The fourth-order valence-electron chi connectivity index (χ4n) is 3.00. The average molecular weight is 445 g/mol. The molecule has 0 spiro atoms. The second-order valence-corrected chi connectivity index (χ2v) is 9.17. The first-order valence-electron chi connectivity index (χ1n) is 10.1. The van der Waals surface area contributed by atoms with Crippen molar-refractivity contribution in [3.05, 3.63) is 24.3 Å². The van der Waals surface area contributed by atoms with Gasteiger partial charge in [-0.2, -0.15) is 4.72 Å². The number of aromatic hydroxyl groups is 1. The van der Waals surface area contributed by atoms with E-state index in [2.05, 4.69) is 4.72 Å². The van der Waals surface area contributed by atoms with Crippen molar-refractivity contribution >= 4 is 15.9 Å². The normalized spacial score (nSPS) is 18.4. The van der Waals surface area contributed by atoms with Crippen molar-refractivity contribution in [3.8, 4) is 5.75 Å². The van der Waals surface area contributed by atoms with E-state index in [0.29, 0.717) is 59.2 Å². The van der Waals surface area contributed by atoms with E-state index in [1.807, 2.05) is 13.8 Å². The molecule has 9 nitrogen and oxygen atoms in total. The van der Waals surface area contributed by atoms with Crippen molar-refractivity contribution in [1.29, 1.82) is 0 Å². The molecule has 1 aliphatic heterocycles. The second kappa shape index (κ2) is 12.2. The van der Waals surface area contributed by atoms with Crippen molar-refractivity contribution in [2.75, 3.05) is 52.7 Å². The van der Waals surface area contributed by atoms with Crippen molar-refractivity contribution < 1.29 is 32.5 Å². The van der Waals surface area contributed by atoms with E-state index in [0.717, 1.165) is 0 Å². The van der Waals surface area contributed by atoms with Crippen LogP contribution >= 0.6 is 0 Å². The summed E-state index contributed by atoms with van der Waals surface area (Å²) >= 11 is 0. The predicted octanol–water partition coefficient (Wildman–Crippen LogP) is 0.977. The van der Waals surface area contributed by atoms with Crippen LogP contribution in [-0.4, -0.2) is 83.1 Å². The monoisotopic (exact) mass is 444 g/mol. The van der Waals surface area contributed by atoms with Crippen LogP contribution in [0.25, 0.3) is 0 Å². The van der Waals surface area contributed by atoms with Crippen LogP contribution in [0.3, 0.4) is 0 Å². The molecule has 0 unspecified atom stereocenters. The van der Waals surface area contributed by atoms with Gasteiger partial charge in [0, 0.05) is 13.1 Å². The number of nitrogens with one attached hydrogen (secondary N) is 1. The summed E-state index contributed by atoms with van der Waals surface area (Å²) in [5.74, 6) is -0.251. The molecule has 1 heterocycles. The predicted molar refractivity (Wildman–Crippen MR) is 111 cm³/mol. The minimum atomic E-state index is -3.93. The summed E-state index contributed by atoms with van der Waals surface area (Å²) in [6.45, 7) is 6.93. The number of carbonyl (C=O) groups excluding carboxylic acids is 1. The molecule has 2 N–H and O–H groups in total. The zero-order chi connectivity index (χ0) is 22.0. The van der Waals surface area contributed by atoms with E-state index in [4.69, 9.17) is 14.2 Å². The Bertz CT molecular complexity index is 741. The first-order chi connectivity index (χ1) is 14.3. The summed E-state index contributed by atoms with van der Waals surface area (Å²) in [6, 6.07) is 4.27. The van der Waals surface area contributed by atoms with E-state index < -0.39 is 16.1 Å². The number of phenolic OH excluding ortho intramolecular Hbond substituents is 1. The van der Waals surface area contributed by atoms with E-state index in [9.17, 15) is 18.3 Å². The van der Waals surface area contributed by atoms with Gasteiger partial charge in [0.25, 0.3) is 0 Å². The molecule has 0 aromatic heterocycles. The smallest absolute Gasteiger partial charge is 0.241 e. The summed E-state index contributed by atoms with van der Waals surface area (Å²) in [5, 5.41) is 9.40. The molecule has 1 aliphatic rings. The molecule has 0 radical (unpaired) electrons. The molecule has 0 saturated carbocycles. The number of ether oxygens (including phenoxy) is 3. The molecule has 1 aromatic rings. The Morgan fingerprint density at radius 1 is 1.00 bits per heavy atom. The van der Waals surface area contributed by atoms with Gasteiger partial charge in [-0.1, -0.05) is 13.8 Å². The molecule has 1 aromatic carbocycles. The molecule has 1 atom stereocenters. The number of sulfonamides is 1. The number of hydrogen-bond acceptors (Lipinski definition) is 7. The Kier molecular flexibility index (Phi) is 9.99. The van der Waals surface area contributed by atoms with E-state index in [1.54, 1.807) is 4.90 Å². The van der Waals surface area contributed by atoms with Crippen LogP contribution in [0.4, 0.5) is 0 Å². The van der Waals surface area contributed by atoms with Crippen LogP contribution in [-0.2, 0) is 29.0 Å². The van der Waals surface area contributed by atoms with Crippen molar-refractivity contribution in [3.63, 3.8) is 0 Å². The average Bonchev–Trinajstić information content (AvgIpc) is 2.67. The van der Waals surface area contributed by atoms with Gasteiger partial charge in [-0.15, -0.1) is 0 Å². The summed E-state index contributed by atoms with van der Waals surface area (Å²) in [4.78, 5) is 14.8. The molecule has 30 heavy (non-hydrogen) atoms. The second-order valence-electron chi connectivity index (χ2n) is 7.46. The fourth-order valence-corrected chi connectivity index (χ4v) is 4.20. The number of benzene rings is 1. The van der Waals surface area contributed by atoms with Gasteiger partial charge in [0.05, 0.1) is 44.5 Å². The number of carbonyl (C=O) groups is 1. The number of rotatable bonds is 6. The van der Waals surface area contributed by atoms with Crippen LogP contribution in [0.1, 0.15) is 20.3 Å². The van der Waals surface area contributed by atoms with E-state index in [-0.39, 0.29) is 22.5 Å². The largest absolute Gasteiger partial charge is 0.508 e. The molecular formula is C20H32N2O7S. The molecule has 170 valence electrons. The summed E-state index contributed by atoms with van der Waals surface area (Å²) in [6.07, 6.45) is 0.349. The Morgan fingerprint density at radius 2 is 1.50 bits per heavy atom. The van der Waals surface area contributed by atoms with Crippen LogP contribution in [0.15, 0.2) is 29.2 Å². The van der Waals surface area contributed by atoms with Gasteiger partial charge >= 0.3 is 0 Å². The van der Waals surface area contributed by atoms with Crippen LogP contribution < -0.4 is 4.72 Å². The first-order valence-corrected chi connectivity index (χ1v) is 11.6. The zero-order valence-corrected chi connectivity index (χ0v) is 18.4. The highest BCUT2D eigenvalue weighted by molar-refractivity contribution is 7.89. The van der Waals surface area contributed by atoms with Gasteiger partial charge in [-0.3, -0.25) is 4.79 Å². The van der Waals surface area contributed by atoms with Gasteiger partial charge < -0.3 is 24.2 Å². The van der Waals surface area contributed by atoms with Crippen LogP contribution in [0.2, 0.25) is 0 Å². The SMILES string of the molecule is CC(C)C[C@H](NS(=O)(=O)c1ccc(O)cc1)C(=O)N1CCOCCOCCOCC1. The fraction of sp³-hybridized carbons (Fsp3) is 0.650. The van der Waals surface area contributed by atoms with Crippen molar-refractivity contribution in [2.24, 2.45) is 5.92 Å². The lowest BCUT2D eigenvalue weighted by molar-refractivity contribution is -0.135. The summed E-state index contributed by atoms with van der Waals surface area (Å²) in [7, 11) is -3.93. The molecule has 1 fully saturated rings. The third-order valence-electron chi connectivity index (χ3n) is 4.52. The standard InChI is InChI=1S/C20H32N2O7S/c1-16(2)15-19(21-30(25,26)18-5-3-17(23)4-6-18)20(24)22-7-9-27-11-13-29-14-12-28-10-8-22/h3-6,16,19,21,23H,7-15H2,1-2H3/t19-/m0/s1. The Morgan fingerprint density at radius 3 is 2.00 bits per heavy atom. The maximum absolute atomic E-state index is 13.2. The van der Waals surface area contributed by atoms with Crippen LogP contribution in [0, 0.1) is 5.92 Å². The molecule has 2 rings (SSSR count). The van der Waals surface area contributed by atoms with E-state index >= 15 is 0 Å². The number of amides is 1. The van der Waals surface area contributed by atoms with Crippen molar-refractivity contribution in [2.45, 2.75) is 31.2 Å². The lowest BCUT2D eigenvalue weighted by Gasteiger charge is -2.29. The number of phenols is 1. The highest BCUT2D eigenvalue weighted by Crippen LogP contribution is 2.17. The number of nitrogens with zero attached hydrogens (tertiary/aromatic N) is 1. The topological polar surface area (TPSA) is 114 Å². The molecule has 1 amide bonds. The highest BCUT2D eigenvalue weighted by Gasteiger charge is 2.30. The van der Waals surface area contributed by atoms with Gasteiger partial charge in [-0.05, 0) is 36.6 Å². The van der Waals surface area contributed by atoms with Crippen LogP contribution in [0.5, 0.6) is 5.75 Å². The third kappa shape index (κ3) is 8.19. The van der Waals surface area contributed by atoms with Gasteiger partial charge in [0.1, 0.15) is 11.8 Å². The Balaban J connectivity index is 2.13. The number of hydrogen-bond donors (Lipinski definition) is 2. The quantitative estimate of drug-likeness (QED) is 0.672. The maximum atomic E-state index is 13.2. The lowest BCUT2D eigenvalue weighted by Crippen LogP contribution is -2.50. The molecule has 1 saturated heterocycles. The minimum absolute atomic E-state index is 0.0118. The van der Waals surface area contributed by atoms with Gasteiger partial charge in [0.2, 0.25) is 15.9 Å². The van der Waals surface area contributed by atoms with Gasteiger partial charge in [0.15, 0.2) is 0 Å². The Hall–Kier alpha value is -1.72. The summed E-state index contributed by atoms with van der Waals surface area (Å²) < 4.78 is 44.5. The third-order valence-corrected chi connectivity index (χ3v) is 6.00. The maximum Gasteiger partial charge on any atom is 0.241 e. The first kappa shape index (κ1) is 24.5. The summed E-state index contributed by atoms with van der Waals surface area (Å²) in [5.41, 5.74) is 0. The lowest BCUT2D eigenvalue weighted by atomic mass is 10.0. The molecular weight excluding hydrogens is 412 g/mol. The zero-order valence-electron chi connectivity index (χ0n) is 17.6. The molecule has 10 heteroatoms. The minimum Gasteiger partial charge on any atom is -0.508 e. The van der Waals surface area contributed by atoms with E-state index in [1.165, 1.54) is 24.3 Å².